The number of hydrogen-bond donors (Lipinski definition) is 2. The van der Waals surface area contributed by atoms with Crippen LogP contribution in [-0.2, 0) is 0 Å². The molecule has 0 bridgehead atoms. The maximum absolute atomic E-state index is 12.1. The number of nitrogens with zero attached hydrogens (tertiary/aromatic N) is 1. The molecule has 0 fully saturated rings. The van der Waals surface area contributed by atoms with Gasteiger partial charge < -0.3 is 14.9 Å². The van der Waals surface area contributed by atoms with Gasteiger partial charge in [-0.3, -0.25) is 4.79 Å². The molecule has 1 heterocycles. The summed E-state index contributed by atoms with van der Waals surface area (Å²) in [5.41, 5.74) is 1.14. The van der Waals surface area contributed by atoms with Crippen molar-refractivity contribution in [1.29, 1.82) is 0 Å². The molecule has 0 saturated heterocycles. The van der Waals surface area contributed by atoms with Gasteiger partial charge in [-0.15, -0.1) is 0 Å². The number of carbonyl (C=O) groups excluding carboxylic acids is 1. The number of phenolic OH excluding ortho intramolecular Hbond substituents is 1. The highest BCUT2D eigenvalue weighted by Crippen LogP contribution is 2.29. The SMILES string of the molecule is O=C(Nc1cccc(Cl)c1)c1cc(-c2ccccc2O)on1. The number of nitrogens with one attached hydrogen (secondary N) is 1. The number of amides is 1. The lowest BCUT2D eigenvalue weighted by molar-refractivity contribution is 0.101. The summed E-state index contributed by atoms with van der Waals surface area (Å²) in [5.74, 6) is -0.0533. The van der Waals surface area contributed by atoms with E-state index in [1.54, 1.807) is 42.5 Å². The van der Waals surface area contributed by atoms with Gasteiger partial charge in [-0.05, 0) is 30.3 Å². The van der Waals surface area contributed by atoms with Crippen LogP contribution in [0.5, 0.6) is 5.75 Å². The number of anilines is 1. The molecule has 0 aliphatic rings. The molecule has 1 amide bonds. The minimum atomic E-state index is -0.423. The Morgan fingerprint density at radius 1 is 1.14 bits per heavy atom. The first-order valence-electron chi connectivity index (χ1n) is 6.45. The molecule has 3 aromatic rings. The maximum Gasteiger partial charge on any atom is 0.277 e. The monoisotopic (exact) mass is 314 g/mol. The average Bonchev–Trinajstić information content (AvgIpc) is 2.97. The van der Waals surface area contributed by atoms with E-state index in [0.717, 1.165) is 0 Å². The predicted octanol–water partition coefficient (Wildman–Crippen LogP) is 3.95. The minimum Gasteiger partial charge on any atom is -0.507 e. The zero-order chi connectivity index (χ0) is 15.5. The fourth-order valence-corrected chi connectivity index (χ4v) is 2.14. The second-order valence-corrected chi connectivity index (χ2v) is 4.99. The molecule has 110 valence electrons. The van der Waals surface area contributed by atoms with Gasteiger partial charge in [-0.2, -0.15) is 0 Å². The van der Waals surface area contributed by atoms with Crippen molar-refractivity contribution in [3.8, 4) is 17.1 Å². The van der Waals surface area contributed by atoms with Gasteiger partial charge in [-0.1, -0.05) is 35.0 Å². The van der Waals surface area contributed by atoms with E-state index >= 15 is 0 Å². The van der Waals surface area contributed by atoms with Crippen molar-refractivity contribution in [3.63, 3.8) is 0 Å². The lowest BCUT2D eigenvalue weighted by atomic mass is 10.1. The number of halogens is 1. The van der Waals surface area contributed by atoms with Gasteiger partial charge >= 0.3 is 0 Å². The Kier molecular flexibility index (Phi) is 3.80. The zero-order valence-electron chi connectivity index (χ0n) is 11.3. The number of phenols is 1. The smallest absolute Gasteiger partial charge is 0.277 e. The normalized spacial score (nSPS) is 10.4. The third kappa shape index (κ3) is 2.94. The summed E-state index contributed by atoms with van der Waals surface area (Å²) in [4.78, 5) is 12.1. The molecule has 0 aliphatic carbocycles. The number of benzene rings is 2. The molecule has 0 radical (unpaired) electrons. The summed E-state index contributed by atoms with van der Waals surface area (Å²) in [5, 5.41) is 16.7. The van der Waals surface area contributed by atoms with Crippen LogP contribution in [-0.4, -0.2) is 16.2 Å². The summed E-state index contributed by atoms with van der Waals surface area (Å²) < 4.78 is 5.12. The molecular weight excluding hydrogens is 304 g/mol. The van der Waals surface area contributed by atoms with Gasteiger partial charge in [-0.25, -0.2) is 0 Å². The molecule has 1 aromatic heterocycles. The fourth-order valence-electron chi connectivity index (χ4n) is 1.95. The molecular formula is C16H11ClN2O3. The van der Waals surface area contributed by atoms with Gasteiger partial charge in [0.1, 0.15) is 5.75 Å². The lowest BCUT2D eigenvalue weighted by Gasteiger charge is -2.02. The van der Waals surface area contributed by atoms with Crippen LogP contribution in [0.2, 0.25) is 5.02 Å². The highest BCUT2D eigenvalue weighted by atomic mass is 35.5. The van der Waals surface area contributed by atoms with Crippen LogP contribution < -0.4 is 5.32 Å². The number of rotatable bonds is 3. The maximum atomic E-state index is 12.1. The number of para-hydroxylation sites is 1. The average molecular weight is 315 g/mol. The summed E-state index contributed by atoms with van der Waals surface area (Å²) >= 11 is 5.86. The Hall–Kier alpha value is -2.79. The highest BCUT2D eigenvalue weighted by molar-refractivity contribution is 6.30. The predicted molar refractivity (Wildman–Crippen MR) is 83.0 cm³/mol. The van der Waals surface area contributed by atoms with Crippen LogP contribution in [0.4, 0.5) is 5.69 Å². The van der Waals surface area contributed by atoms with Gasteiger partial charge in [0, 0.05) is 16.8 Å². The minimum absolute atomic E-state index is 0.0560. The quantitative estimate of drug-likeness (QED) is 0.767. The molecule has 22 heavy (non-hydrogen) atoms. The number of carbonyl (C=O) groups is 1. The second kappa shape index (κ2) is 5.91. The Bertz CT molecular complexity index is 830. The van der Waals surface area contributed by atoms with E-state index < -0.39 is 5.91 Å². The van der Waals surface area contributed by atoms with E-state index in [1.807, 2.05) is 0 Å². The molecule has 3 rings (SSSR count). The van der Waals surface area contributed by atoms with Crippen molar-refractivity contribution >= 4 is 23.2 Å². The Labute approximate surface area is 131 Å². The first-order valence-corrected chi connectivity index (χ1v) is 6.83. The van der Waals surface area contributed by atoms with Gasteiger partial charge in [0.05, 0.1) is 5.56 Å². The van der Waals surface area contributed by atoms with Crippen molar-refractivity contribution in [2.45, 2.75) is 0 Å². The molecule has 0 aliphatic heterocycles. The molecule has 2 N–H and O–H groups in total. The summed E-state index contributed by atoms with van der Waals surface area (Å²) in [6.07, 6.45) is 0. The number of aromatic hydroxyl groups is 1. The molecule has 0 unspecified atom stereocenters. The summed E-state index contributed by atoms with van der Waals surface area (Å²) in [6.45, 7) is 0. The van der Waals surface area contributed by atoms with Crippen molar-refractivity contribution in [2.75, 3.05) is 5.32 Å². The van der Waals surface area contributed by atoms with Gasteiger partial charge in [0.2, 0.25) is 0 Å². The molecule has 6 heteroatoms. The topological polar surface area (TPSA) is 75.4 Å². The number of hydrogen-bond acceptors (Lipinski definition) is 4. The highest BCUT2D eigenvalue weighted by Gasteiger charge is 2.15. The van der Waals surface area contributed by atoms with Crippen LogP contribution in [0.25, 0.3) is 11.3 Å². The molecule has 0 atom stereocenters. The van der Waals surface area contributed by atoms with Crippen molar-refractivity contribution in [1.82, 2.24) is 5.16 Å². The van der Waals surface area contributed by atoms with E-state index in [1.165, 1.54) is 12.1 Å². The molecule has 0 saturated carbocycles. The van der Waals surface area contributed by atoms with E-state index in [4.69, 9.17) is 16.1 Å². The standard InChI is InChI=1S/C16H11ClN2O3/c17-10-4-3-5-11(8-10)18-16(21)13-9-15(22-19-13)12-6-1-2-7-14(12)20/h1-9,20H,(H,18,21). The van der Waals surface area contributed by atoms with Crippen LogP contribution >= 0.6 is 11.6 Å². The summed E-state index contributed by atoms with van der Waals surface area (Å²) in [6, 6.07) is 14.9. The van der Waals surface area contributed by atoms with Crippen molar-refractivity contribution in [3.05, 3.63) is 65.3 Å². The van der Waals surface area contributed by atoms with Crippen LogP contribution in [0.15, 0.2) is 59.1 Å². The third-order valence-electron chi connectivity index (χ3n) is 2.99. The summed E-state index contributed by atoms with van der Waals surface area (Å²) in [7, 11) is 0. The Morgan fingerprint density at radius 3 is 2.73 bits per heavy atom. The first kappa shape index (κ1) is 14.2. The number of aromatic nitrogens is 1. The fraction of sp³-hybridized carbons (Fsp3) is 0. The Balaban J connectivity index is 1.82. The van der Waals surface area contributed by atoms with Gasteiger partial charge in [0.25, 0.3) is 5.91 Å². The Morgan fingerprint density at radius 2 is 1.95 bits per heavy atom. The zero-order valence-corrected chi connectivity index (χ0v) is 12.0. The molecule has 0 spiro atoms. The first-order chi connectivity index (χ1) is 10.6. The van der Waals surface area contributed by atoms with Crippen LogP contribution in [0, 0.1) is 0 Å². The van der Waals surface area contributed by atoms with Crippen molar-refractivity contribution < 1.29 is 14.4 Å². The van der Waals surface area contributed by atoms with Crippen molar-refractivity contribution in [2.24, 2.45) is 0 Å². The molecule has 5 nitrogen and oxygen atoms in total. The van der Waals surface area contributed by atoms with E-state index in [9.17, 15) is 9.90 Å². The van der Waals surface area contributed by atoms with E-state index in [0.29, 0.717) is 22.0 Å². The largest absolute Gasteiger partial charge is 0.507 e. The second-order valence-electron chi connectivity index (χ2n) is 4.56. The third-order valence-corrected chi connectivity index (χ3v) is 3.23. The van der Waals surface area contributed by atoms with E-state index in [2.05, 4.69) is 10.5 Å². The van der Waals surface area contributed by atoms with Crippen LogP contribution in [0.3, 0.4) is 0 Å². The van der Waals surface area contributed by atoms with E-state index in [-0.39, 0.29) is 11.4 Å². The van der Waals surface area contributed by atoms with Gasteiger partial charge in [0.15, 0.2) is 11.5 Å². The molecule has 2 aromatic carbocycles. The van der Waals surface area contributed by atoms with Crippen LogP contribution in [0.1, 0.15) is 10.5 Å². The lowest BCUT2D eigenvalue weighted by Crippen LogP contribution is -2.11.